The molecule has 2 aromatic rings. The summed E-state index contributed by atoms with van der Waals surface area (Å²) in [5.74, 6) is -0.473. The van der Waals surface area contributed by atoms with Gasteiger partial charge in [0.15, 0.2) is 6.10 Å². The molecule has 1 aliphatic carbocycles. The highest BCUT2D eigenvalue weighted by Crippen LogP contribution is 2.47. The molecule has 1 heterocycles. The van der Waals surface area contributed by atoms with Crippen molar-refractivity contribution in [1.82, 2.24) is 0 Å². The van der Waals surface area contributed by atoms with Crippen LogP contribution in [0.5, 0.6) is 0 Å². The van der Waals surface area contributed by atoms with Crippen LogP contribution < -0.4 is 10.6 Å². The summed E-state index contributed by atoms with van der Waals surface area (Å²) in [6, 6.07) is 10.3. The first kappa shape index (κ1) is 23.3. The maximum absolute atomic E-state index is 13.1. The van der Waals surface area contributed by atoms with Gasteiger partial charge in [0.2, 0.25) is 5.91 Å². The summed E-state index contributed by atoms with van der Waals surface area (Å²) >= 11 is 0. The Bertz CT molecular complexity index is 1080. The number of amides is 1. The third-order valence-corrected chi connectivity index (χ3v) is 6.64. The van der Waals surface area contributed by atoms with Crippen molar-refractivity contribution in [3.8, 4) is 11.1 Å². The first-order valence-electron chi connectivity index (χ1n) is 11.6. The lowest BCUT2D eigenvalue weighted by atomic mass is 9.86. The minimum absolute atomic E-state index is 0.00371. The molecule has 1 atom stereocenters. The molecule has 6 nitrogen and oxygen atoms in total. The van der Waals surface area contributed by atoms with Gasteiger partial charge in [-0.2, -0.15) is 0 Å². The van der Waals surface area contributed by atoms with Crippen molar-refractivity contribution in [3.63, 3.8) is 0 Å². The zero-order chi connectivity index (χ0) is 24.0. The maximum Gasteiger partial charge on any atom is 0.339 e. The van der Waals surface area contributed by atoms with E-state index >= 15 is 0 Å². The fourth-order valence-electron chi connectivity index (χ4n) is 4.97. The van der Waals surface area contributed by atoms with Gasteiger partial charge >= 0.3 is 5.97 Å². The smallest absolute Gasteiger partial charge is 0.339 e. The van der Waals surface area contributed by atoms with Crippen LogP contribution in [0.2, 0.25) is 0 Å². The summed E-state index contributed by atoms with van der Waals surface area (Å²) in [6.07, 6.45) is 2.76. The summed E-state index contributed by atoms with van der Waals surface area (Å²) in [5, 5.41) is 6.73. The average molecular weight is 451 g/mol. The number of esters is 1. The Morgan fingerprint density at radius 1 is 1.09 bits per heavy atom. The van der Waals surface area contributed by atoms with E-state index in [4.69, 9.17) is 9.47 Å². The Labute approximate surface area is 196 Å². The van der Waals surface area contributed by atoms with Crippen molar-refractivity contribution < 1.29 is 19.1 Å². The second-order valence-corrected chi connectivity index (χ2v) is 10.3. The van der Waals surface area contributed by atoms with Crippen molar-refractivity contribution >= 4 is 23.3 Å². The molecule has 0 saturated heterocycles. The van der Waals surface area contributed by atoms with Crippen LogP contribution in [0.15, 0.2) is 30.3 Å². The van der Waals surface area contributed by atoms with Gasteiger partial charge in [0, 0.05) is 5.56 Å². The molecule has 1 aliphatic heterocycles. The normalized spacial score (nSPS) is 17.8. The molecular formula is C27H34N2O4. The topological polar surface area (TPSA) is 76.7 Å². The molecule has 2 aliphatic rings. The van der Waals surface area contributed by atoms with Crippen LogP contribution in [-0.4, -0.2) is 30.1 Å². The summed E-state index contributed by atoms with van der Waals surface area (Å²) in [7, 11) is 1.37. The highest BCUT2D eigenvalue weighted by atomic mass is 16.6. The molecule has 2 aromatic carbocycles. The fourth-order valence-corrected chi connectivity index (χ4v) is 4.97. The van der Waals surface area contributed by atoms with E-state index in [9.17, 15) is 9.59 Å². The molecule has 0 unspecified atom stereocenters. The number of anilines is 2. The molecule has 1 spiro atoms. The molecule has 0 radical (unpaired) electrons. The zero-order valence-electron chi connectivity index (χ0n) is 20.4. The first-order valence-corrected chi connectivity index (χ1v) is 11.6. The molecule has 0 bridgehead atoms. The van der Waals surface area contributed by atoms with Crippen molar-refractivity contribution in [2.45, 2.75) is 77.5 Å². The molecule has 2 N–H and O–H groups in total. The highest BCUT2D eigenvalue weighted by molar-refractivity contribution is 6.08. The number of ether oxygens (including phenoxy) is 2. The molecule has 176 valence electrons. The van der Waals surface area contributed by atoms with Crippen LogP contribution in [0.1, 0.15) is 69.2 Å². The summed E-state index contributed by atoms with van der Waals surface area (Å²) in [6.45, 7) is 9.71. The van der Waals surface area contributed by atoms with Gasteiger partial charge in [0.1, 0.15) is 5.54 Å². The lowest BCUT2D eigenvalue weighted by Gasteiger charge is -2.38. The van der Waals surface area contributed by atoms with Gasteiger partial charge in [-0.15, -0.1) is 0 Å². The predicted octanol–water partition coefficient (Wildman–Crippen LogP) is 5.68. The number of hydrogen-bond donors (Lipinski definition) is 2. The van der Waals surface area contributed by atoms with Crippen LogP contribution in [0.3, 0.4) is 0 Å². The lowest BCUT2D eigenvalue weighted by Crippen LogP contribution is -2.50. The van der Waals surface area contributed by atoms with Crippen LogP contribution in [0.25, 0.3) is 11.1 Å². The van der Waals surface area contributed by atoms with Crippen LogP contribution in [0.4, 0.5) is 11.4 Å². The Kier molecular flexibility index (Phi) is 5.99. The Morgan fingerprint density at radius 2 is 1.73 bits per heavy atom. The van der Waals surface area contributed by atoms with Gasteiger partial charge in [-0.05, 0) is 70.2 Å². The van der Waals surface area contributed by atoms with Gasteiger partial charge < -0.3 is 20.1 Å². The number of rotatable bonds is 4. The Morgan fingerprint density at radius 3 is 2.30 bits per heavy atom. The minimum atomic E-state index is -0.934. The van der Waals surface area contributed by atoms with Crippen molar-refractivity contribution in [2.75, 3.05) is 17.7 Å². The SMILES string of the molecule is COC(=O)[C@@H](OC(C)(C)C)c1c(-c2ccc(C)cc2)cc2c(c1C)NC(=O)C1(CCCC1)N2. The van der Waals surface area contributed by atoms with Gasteiger partial charge in [-0.1, -0.05) is 42.7 Å². The summed E-state index contributed by atoms with van der Waals surface area (Å²) < 4.78 is 11.4. The van der Waals surface area contributed by atoms with Gasteiger partial charge in [-0.3, -0.25) is 4.79 Å². The third-order valence-electron chi connectivity index (χ3n) is 6.64. The van der Waals surface area contributed by atoms with E-state index in [0.29, 0.717) is 11.3 Å². The van der Waals surface area contributed by atoms with Gasteiger partial charge in [0.25, 0.3) is 0 Å². The van der Waals surface area contributed by atoms with Crippen LogP contribution >= 0.6 is 0 Å². The molecule has 4 rings (SSSR count). The minimum Gasteiger partial charge on any atom is -0.467 e. The van der Waals surface area contributed by atoms with E-state index in [2.05, 4.69) is 34.9 Å². The monoisotopic (exact) mass is 450 g/mol. The van der Waals surface area contributed by atoms with Gasteiger partial charge in [-0.25, -0.2) is 4.79 Å². The molecule has 1 fully saturated rings. The predicted molar refractivity (Wildman–Crippen MR) is 130 cm³/mol. The zero-order valence-corrected chi connectivity index (χ0v) is 20.4. The fraction of sp³-hybridized carbons (Fsp3) is 0.481. The van der Waals surface area contributed by atoms with E-state index < -0.39 is 23.2 Å². The Hall–Kier alpha value is -2.86. The second kappa shape index (κ2) is 8.49. The highest BCUT2D eigenvalue weighted by Gasteiger charge is 2.45. The molecule has 1 amide bonds. The van der Waals surface area contributed by atoms with E-state index in [1.54, 1.807) is 0 Å². The summed E-state index contributed by atoms with van der Waals surface area (Å²) in [5.41, 5.74) is 4.98. The molecular weight excluding hydrogens is 416 g/mol. The number of nitrogens with one attached hydrogen (secondary N) is 2. The number of aryl methyl sites for hydroxylation is 1. The molecule has 1 saturated carbocycles. The van der Waals surface area contributed by atoms with E-state index in [-0.39, 0.29) is 5.91 Å². The standard InChI is InChI=1S/C27H34N2O4/c1-16-9-11-18(12-10-16)19-15-20-22(28-25(31)27(29-20)13-7-8-14-27)17(2)21(19)23(24(30)32-6)33-26(3,4)5/h9-12,15,23,29H,7-8,13-14H2,1-6H3,(H,28,31)/t23-/m0/s1. The van der Waals surface area contributed by atoms with E-state index in [1.165, 1.54) is 7.11 Å². The average Bonchev–Trinajstić information content (AvgIpc) is 3.22. The van der Waals surface area contributed by atoms with Crippen molar-refractivity contribution in [1.29, 1.82) is 0 Å². The number of methoxy groups -OCH3 is 1. The quantitative estimate of drug-likeness (QED) is 0.587. The van der Waals surface area contributed by atoms with Crippen LogP contribution in [0, 0.1) is 13.8 Å². The summed E-state index contributed by atoms with van der Waals surface area (Å²) in [4.78, 5) is 26.1. The lowest BCUT2D eigenvalue weighted by molar-refractivity contribution is -0.164. The maximum atomic E-state index is 13.1. The third kappa shape index (κ3) is 4.36. The number of hydrogen-bond acceptors (Lipinski definition) is 5. The molecule has 0 aromatic heterocycles. The number of carbonyl (C=O) groups is 2. The van der Waals surface area contributed by atoms with E-state index in [0.717, 1.165) is 53.6 Å². The number of carbonyl (C=O) groups excluding carboxylic acids is 2. The van der Waals surface area contributed by atoms with E-state index in [1.807, 2.05) is 40.7 Å². The Balaban J connectivity index is 1.95. The van der Waals surface area contributed by atoms with Crippen molar-refractivity contribution in [2.24, 2.45) is 0 Å². The first-order chi connectivity index (χ1) is 15.5. The number of benzene rings is 2. The number of fused-ring (bicyclic) bond motifs is 1. The van der Waals surface area contributed by atoms with Crippen LogP contribution in [-0.2, 0) is 19.1 Å². The molecule has 33 heavy (non-hydrogen) atoms. The molecule has 6 heteroatoms. The largest absolute Gasteiger partial charge is 0.467 e. The van der Waals surface area contributed by atoms with Crippen molar-refractivity contribution in [3.05, 3.63) is 47.0 Å². The van der Waals surface area contributed by atoms with Gasteiger partial charge in [0.05, 0.1) is 24.1 Å². The second-order valence-electron chi connectivity index (χ2n) is 10.3.